The van der Waals surface area contributed by atoms with E-state index in [0.29, 0.717) is 22.1 Å². The first-order valence-electron chi connectivity index (χ1n) is 10.9. The summed E-state index contributed by atoms with van der Waals surface area (Å²) in [6.45, 7) is -0.173. The molecule has 3 aromatic rings. The molecule has 190 valence electrons. The number of sulfone groups is 1. The Morgan fingerprint density at radius 3 is 2.25 bits per heavy atom. The minimum atomic E-state index is -4.54. The zero-order valence-corrected chi connectivity index (χ0v) is 20.6. The average molecular weight is 539 g/mol. The number of nitrogens with one attached hydrogen (secondary N) is 1. The summed E-state index contributed by atoms with van der Waals surface area (Å²) < 4.78 is 70.8. The molecule has 3 aromatic carbocycles. The molecular weight excluding hydrogens is 517 g/mol. The standard InChI is InChI=1S/C25H22ClF3N2O4S/c1-36(33,34)23(16-5-9-20(10-6-16)35-21-11-7-19(26)8-12-21)15-31-22(14-30-24(31)32)17-3-2-4-18(13-17)25(27,28)29/h2-13,22-23H,14-15H2,1H3,(H,30,32)/t22-,23?/m1/s1. The van der Waals surface area contributed by atoms with Crippen molar-refractivity contribution < 1.29 is 31.1 Å². The van der Waals surface area contributed by atoms with Crippen molar-refractivity contribution in [2.45, 2.75) is 17.5 Å². The number of benzene rings is 3. The lowest BCUT2D eigenvalue weighted by atomic mass is 10.0. The van der Waals surface area contributed by atoms with E-state index in [1.54, 1.807) is 48.5 Å². The largest absolute Gasteiger partial charge is 0.457 e. The summed E-state index contributed by atoms with van der Waals surface area (Å²) in [5.41, 5.74) is -0.152. The lowest BCUT2D eigenvalue weighted by molar-refractivity contribution is -0.137. The van der Waals surface area contributed by atoms with Gasteiger partial charge in [0.25, 0.3) is 0 Å². The van der Waals surface area contributed by atoms with Crippen LogP contribution >= 0.6 is 11.6 Å². The minimum Gasteiger partial charge on any atom is -0.457 e. The third-order valence-corrected chi connectivity index (χ3v) is 7.57. The molecule has 6 nitrogen and oxygen atoms in total. The van der Waals surface area contributed by atoms with Gasteiger partial charge < -0.3 is 15.0 Å². The molecule has 0 saturated carbocycles. The molecule has 0 spiro atoms. The Labute approximate surface area is 211 Å². The van der Waals surface area contributed by atoms with Crippen molar-refractivity contribution >= 4 is 27.5 Å². The maximum Gasteiger partial charge on any atom is 0.416 e. The topological polar surface area (TPSA) is 75.7 Å². The molecule has 1 saturated heterocycles. The van der Waals surface area contributed by atoms with Gasteiger partial charge >= 0.3 is 12.2 Å². The molecule has 1 unspecified atom stereocenters. The Hall–Kier alpha value is -3.24. The predicted molar refractivity (Wildman–Crippen MR) is 130 cm³/mol. The predicted octanol–water partition coefficient (Wildman–Crippen LogP) is 6.00. The number of amides is 2. The average Bonchev–Trinajstić information content (AvgIpc) is 3.18. The van der Waals surface area contributed by atoms with Crippen molar-refractivity contribution in [3.8, 4) is 11.5 Å². The van der Waals surface area contributed by atoms with Crippen molar-refractivity contribution in [3.05, 3.63) is 94.5 Å². The highest BCUT2D eigenvalue weighted by Crippen LogP contribution is 2.35. The van der Waals surface area contributed by atoms with Gasteiger partial charge in [-0.3, -0.25) is 0 Å². The van der Waals surface area contributed by atoms with Gasteiger partial charge in [-0.1, -0.05) is 35.9 Å². The van der Waals surface area contributed by atoms with E-state index in [1.165, 1.54) is 17.0 Å². The fourth-order valence-electron chi connectivity index (χ4n) is 4.02. The lowest BCUT2D eigenvalue weighted by Gasteiger charge is -2.28. The molecule has 1 aliphatic rings. The van der Waals surface area contributed by atoms with Crippen molar-refractivity contribution in [2.24, 2.45) is 0 Å². The number of hydrogen-bond acceptors (Lipinski definition) is 4. The van der Waals surface area contributed by atoms with Gasteiger partial charge in [-0.25, -0.2) is 13.2 Å². The Bertz CT molecular complexity index is 1350. The Balaban J connectivity index is 1.58. The Morgan fingerprint density at radius 2 is 1.67 bits per heavy atom. The van der Waals surface area contributed by atoms with E-state index in [-0.39, 0.29) is 18.7 Å². The number of ether oxygens (including phenoxy) is 1. The number of halogens is 4. The van der Waals surface area contributed by atoms with Gasteiger partial charge in [0.1, 0.15) is 16.7 Å². The molecular formula is C25H22ClF3N2O4S. The summed E-state index contributed by atoms with van der Waals surface area (Å²) in [6, 6.07) is 16.5. The van der Waals surface area contributed by atoms with Crippen LogP contribution in [-0.2, 0) is 16.0 Å². The maximum absolute atomic E-state index is 13.2. The number of rotatable bonds is 7. The fourth-order valence-corrected chi connectivity index (χ4v) is 5.23. The van der Waals surface area contributed by atoms with Gasteiger partial charge in [-0.2, -0.15) is 13.2 Å². The van der Waals surface area contributed by atoms with E-state index in [0.717, 1.165) is 18.4 Å². The third kappa shape index (κ3) is 5.93. The molecule has 1 heterocycles. The molecule has 1 aliphatic heterocycles. The van der Waals surface area contributed by atoms with Gasteiger partial charge in [0, 0.05) is 24.4 Å². The number of carbonyl (C=O) groups is 1. The number of hydrogen-bond donors (Lipinski definition) is 1. The fraction of sp³-hybridized carbons (Fsp3) is 0.240. The lowest BCUT2D eigenvalue weighted by Crippen LogP contribution is -2.36. The van der Waals surface area contributed by atoms with Crippen LogP contribution in [0.4, 0.5) is 18.0 Å². The minimum absolute atomic E-state index is 0.0600. The van der Waals surface area contributed by atoms with Gasteiger partial charge in [0.2, 0.25) is 0 Å². The van der Waals surface area contributed by atoms with E-state index >= 15 is 0 Å². The van der Waals surface area contributed by atoms with Crippen LogP contribution in [0.5, 0.6) is 11.5 Å². The highest BCUT2D eigenvalue weighted by atomic mass is 35.5. The first-order chi connectivity index (χ1) is 16.9. The molecule has 4 rings (SSSR count). The zero-order chi connectivity index (χ0) is 26.1. The second kappa shape index (κ2) is 10.0. The number of alkyl halides is 3. The quantitative estimate of drug-likeness (QED) is 0.400. The SMILES string of the molecule is CS(=O)(=O)C(CN1C(=O)NC[C@@H]1c1cccc(C(F)(F)F)c1)c1ccc(Oc2ccc(Cl)cc2)cc1. The smallest absolute Gasteiger partial charge is 0.416 e. The van der Waals surface area contributed by atoms with E-state index in [4.69, 9.17) is 16.3 Å². The van der Waals surface area contributed by atoms with Crippen LogP contribution in [0.25, 0.3) is 0 Å². The maximum atomic E-state index is 13.2. The summed E-state index contributed by atoms with van der Waals surface area (Å²) in [5, 5.41) is 2.07. The number of carbonyl (C=O) groups excluding carboxylic acids is 1. The highest BCUT2D eigenvalue weighted by molar-refractivity contribution is 7.91. The van der Waals surface area contributed by atoms with Gasteiger partial charge in [-0.05, 0) is 59.7 Å². The number of nitrogens with zero attached hydrogens (tertiary/aromatic N) is 1. The summed E-state index contributed by atoms with van der Waals surface area (Å²) in [5.74, 6) is 1.01. The molecule has 2 amide bonds. The summed E-state index contributed by atoms with van der Waals surface area (Å²) in [4.78, 5) is 13.8. The summed E-state index contributed by atoms with van der Waals surface area (Å²) in [7, 11) is -3.70. The second-order valence-corrected chi connectivity index (χ2v) is 11.1. The molecule has 2 atom stereocenters. The van der Waals surface area contributed by atoms with Crippen LogP contribution in [0.15, 0.2) is 72.8 Å². The second-order valence-electron chi connectivity index (χ2n) is 8.42. The zero-order valence-electron chi connectivity index (χ0n) is 19.0. The monoisotopic (exact) mass is 538 g/mol. The van der Waals surface area contributed by atoms with Crippen LogP contribution in [0.2, 0.25) is 5.02 Å². The Kier molecular flexibility index (Phi) is 7.19. The van der Waals surface area contributed by atoms with Gasteiger partial charge in [0.15, 0.2) is 9.84 Å². The molecule has 36 heavy (non-hydrogen) atoms. The van der Waals surface area contributed by atoms with Gasteiger partial charge in [0.05, 0.1) is 11.6 Å². The molecule has 0 aliphatic carbocycles. The Morgan fingerprint density at radius 1 is 1.06 bits per heavy atom. The van der Waals surface area contributed by atoms with Crippen LogP contribution in [0.3, 0.4) is 0 Å². The van der Waals surface area contributed by atoms with Gasteiger partial charge in [-0.15, -0.1) is 0 Å². The van der Waals surface area contributed by atoms with E-state index < -0.39 is 38.9 Å². The normalized spacial score (nSPS) is 17.1. The highest BCUT2D eigenvalue weighted by Gasteiger charge is 2.38. The molecule has 11 heteroatoms. The molecule has 1 N–H and O–H groups in total. The summed E-state index contributed by atoms with van der Waals surface area (Å²) >= 11 is 5.88. The molecule has 0 bridgehead atoms. The van der Waals surface area contributed by atoms with Crippen LogP contribution in [0.1, 0.15) is 28.0 Å². The number of urea groups is 1. The van der Waals surface area contributed by atoms with Crippen LogP contribution in [0, 0.1) is 0 Å². The first-order valence-corrected chi connectivity index (χ1v) is 13.2. The summed E-state index contributed by atoms with van der Waals surface area (Å²) in [6.07, 6.45) is -3.48. The van der Waals surface area contributed by atoms with Crippen LogP contribution < -0.4 is 10.1 Å². The van der Waals surface area contributed by atoms with Crippen LogP contribution in [-0.4, -0.2) is 38.7 Å². The van der Waals surface area contributed by atoms with E-state index in [9.17, 15) is 26.4 Å². The third-order valence-electron chi connectivity index (χ3n) is 5.86. The molecule has 0 radical (unpaired) electrons. The van der Waals surface area contributed by atoms with Crippen molar-refractivity contribution in [2.75, 3.05) is 19.3 Å². The molecule has 0 aromatic heterocycles. The first kappa shape index (κ1) is 25.8. The van der Waals surface area contributed by atoms with E-state index in [2.05, 4.69) is 5.32 Å². The molecule has 1 fully saturated rings. The van der Waals surface area contributed by atoms with Crippen molar-refractivity contribution in [1.29, 1.82) is 0 Å². The van der Waals surface area contributed by atoms with Crippen molar-refractivity contribution in [3.63, 3.8) is 0 Å². The van der Waals surface area contributed by atoms with E-state index in [1.807, 2.05) is 0 Å². The van der Waals surface area contributed by atoms with Crippen molar-refractivity contribution in [1.82, 2.24) is 10.2 Å².